The van der Waals surface area contributed by atoms with Crippen molar-refractivity contribution >= 4 is 29.0 Å². The Morgan fingerprint density at radius 2 is 1.85 bits per heavy atom. The molecule has 0 spiro atoms. The van der Waals surface area contributed by atoms with Gasteiger partial charge >= 0.3 is 6.18 Å². The number of hydrogen-bond acceptors (Lipinski definition) is 5. The van der Waals surface area contributed by atoms with E-state index in [0.29, 0.717) is 12.3 Å². The Morgan fingerprint density at radius 1 is 1.18 bits per heavy atom. The van der Waals surface area contributed by atoms with Crippen molar-refractivity contribution < 1.29 is 40.3 Å². The molecule has 0 aliphatic carbocycles. The molecule has 0 radical (unpaired) electrons. The van der Waals surface area contributed by atoms with E-state index in [1.54, 1.807) is 0 Å². The van der Waals surface area contributed by atoms with Crippen LogP contribution >= 0.6 is 11.6 Å². The molecule has 2 aromatic rings. The number of ether oxygens (including phenoxy) is 1. The first-order valence-corrected chi connectivity index (χ1v) is 9.81. The lowest BCUT2D eigenvalue weighted by Crippen LogP contribution is -2.58. The number of amides is 1. The summed E-state index contributed by atoms with van der Waals surface area (Å²) >= 11 is 5.75. The highest BCUT2D eigenvalue weighted by molar-refractivity contribution is 6.34. The van der Waals surface area contributed by atoms with Crippen molar-refractivity contribution in [3.63, 3.8) is 0 Å². The van der Waals surface area contributed by atoms with Crippen LogP contribution in [0.25, 0.3) is 0 Å². The molecule has 1 aliphatic rings. The number of hydrogen-bond donors (Lipinski definition) is 2. The van der Waals surface area contributed by atoms with Gasteiger partial charge in [0.2, 0.25) is 0 Å². The summed E-state index contributed by atoms with van der Waals surface area (Å²) in [6, 6.07) is 3.41. The predicted octanol–water partition coefficient (Wildman–Crippen LogP) is 4.38. The van der Waals surface area contributed by atoms with E-state index in [1.807, 2.05) is 0 Å². The average Bonchev–Trinajstić information content (AvgIpc) is 2.79. The Bertz CT molecular complexity index is 1120. The van der Waals surface area contributed by atoms with E-state index in [1.165, 1.54) is 0 Å². The van der Waals surface area contributed by atoms with Gasteiger partial charge in [0.25, 0.3) is 5.91 Å². The van der Waals surface area contributed by atoms with Gasteiger partial charge in [0.1, 0.15) is 42.9 Å². The molecule has 0 bridgehead atoms. The number of aliphatic imine (C=N–C) groups is 1. The summed E-state index contributed by atoms with van der Waals surface area (Å²) in [5.41, 5.74) is -1.02. The summed E-state index contributed by atoms with van der Waals surface area (Å²) in [6.45, 7) is -4.91. The highest BCUT2D eigenvalue weighted by Crippen LogP contribution is 2.37. The van der Waals surface area contributed by atoms with Gasteiger partial charge in [-0.25, -0.2) is 22.5 Å². The SMILES string of the molecule is NC1=NC(CF)(c2cc(NC(=O)c3ncc(C(F)(F)F)cc3Cl)ccc2F)COC1(CF)CF. The number of carbonyl (C=O) groups is 1. The Balaban J connectivity index is 1.94. The number of benzene rings is 1. The quantitative estimate of drug-likeness (QED) is 0.562. The fourth-order valence-corrected chi connectivity index (χ4v) is 3.39. The summed E-state index contributed by atoms with van der Waals surface area (Å²) in [6.07, 6.45) is -4.32. The van der Waals surface area contributed by atoms with Gasteiger partial charge < -0.3 is 15.8 Å². The zero-order valence-corrected chi connectivity index (χ0v) is 17.8. The summed E-state index contributed by atoms with van der Waals surface area (Å²) < 4.78 is 98.7. The second kappa shape index (κ2) is 9.37. The fraction of sp³-hybridized carbons (Fsp3) is 0.350. The average molecular weight is 513 g/mol. The highest BCUT2D eigenvalue weighted by atomic mass is 35.5. The second-order valence-corrected chi connectivity index (χ2v) is 7.82. The van der Waals surface area contributed by atoms with Crippen LogP contribution < -0.4 is 11.1 Å². The number of amidine groups is 1. The summed E-state index contributed by atoms with van der Waals surface area (Å²) in [7, 11) is 0. The highest BCUT2D eigenvalue weighted by Gasteiger charge is 2.48. The van der Waals surface area contributed by atoms with Crippen LogP contribution in [0, 0.1) is 5.82 Å². The molecule has 3 rings (SSSR count). The Hall–Kier alpha value is -2.93. The van der Waals surface area contributed by atoms with Crippen molar-refractivity contribution in [2.45, 2.75) is 17.3 Å². The minimum atomic E-state index is -4.73. The van der Waals surface area contributed by atoms with Crippen LogP contribution in [0.2, 0.25) is 5.02 Å². The van der Waals surface area contributed by atoms with Crippen LogP contribution in [0.15, 0.2) is 35.5 Å². The number of alkyl halides is 6. The molecule has 1 aromatic heterocycles. The van der Waals surface area contributed by atoms with Crippen LogP contribution in [-0.2, 0) is 16.5 Å². The van der Waals surface area contributed by atoms with Gasteiger partial charge in [0, 0.05) is 17.4 Å². The molecule has 14 heteroatoms. The monoisotopic (exact) mass is 512 g/mol. The van der Waals surface area contributed by atoms with Gasteiger partial charge in [-0.2, -0.15) is 13.2 Å². The Kier molecular flexibility index (Phi) is 7.08. The number of nitrogens with one attached hydrogen (secondary N) is 1. The lowest BCUT2D eigenvalue weighted by molar-refractivity contribution is -0.137. The van der Waals surface area contributed by atoms with Crippen molar-refractivity contribution in [3.8, 4) is 0 Å². The third-order valence-corrected chi connectivity index (χ3v) is 5.44. The molecule has 0 saturated heterocycles. The Labute approximate surface area is 193 Å². The third-order valence-electron chi connectivity index (χ3n) is 5.15. The van der Waals surface area contributed by atoms with Gasteiger partial charge in [0.15, 0.2) is 5.60 Å². The minimum absolute atomic E-state index is 0.131. The van der Waals surface area contributed by atoms with E-state index >= 15 is 0 Å². The van der Waals surface area contributed by atoms with Crippen LogP contribution in [0.1, 0.15) is 21.6 Å². The topological polar surface area (TPSA) is 89.6 Å². The van der Waals surface area contributed by atoms with E-state index in [4.69, 9.17) is 22.1 Å². The number of aromatic nitrogens is 1. The molecule has 0 fully saturated rings. The van der Waals surface area contributed by atoms with Gasteiger partial charge in [-0.05, 0) is 24.3 Å². The number of nitrogens with two attached hydrogens (primary N) is 1. The van der Waals surface area contributed by atoms with E-state index in [0.717, 1.165) is 18.2 Å². The lowest BCUT2D eigenvalue weighted by Gasteiger charge is -2.40. The first kappa shape index (κ1) is 25.7. The van der Waals surface area contributed by atoms with Crippen molar-refractivity contribution in [2.24, 2.45) is 10.7 Å². The maximum Gasteiger partial charge on any atom is 0.417 e. The van der Waals surface area contributed by atoms with Gasteiger partial charge in [-0.3, -0.25) is 9.79 Å². The van der Waals surface area contributed by atoms with Gasteiger partial charge in [0.05, 0.1) is 17.2 Å². The molecule has 2 heterocycles. The number of halogens is 8. The van der Waals surface area contributed by atoms with Crippen LogP contribution in [0.4, 0.5) is 36.4 Å². The zero-order valence-electron chi connectivity index (χ0n) is 17.0. The summed E-state index contributed by atoms with van der Waals surface area (Å²) in [5, 5.41) is 1.66. The molecule has 6 nitrogen and oxygen atoms in total. The number of nitrogens with zero attached hydrogens (tertiary/aromatic N) is 2. The van der Waals surface area contributed by atoms with Gasteiger partial charge in [-0.15, -0.1) is 0 Å². The van der Waals surface area contributed by atoms with E-state index < -0.39 is 83.4 Å². The summed E-state index contributed by atoms with van der Waals surface area (Å²) in [5.74, 6) is -2.74. The molecule has 3 N–H and O–H groups in total. The summed E-state index contributed by atoms with van der Waals surface area (Å²) in [4.78, 5) is 19.7. The van der Waals surface area contributed by atoms with E-state index in [-0.39, 0.29) is 5.69 Å². The van der Waals surface area contributed by atoms with Crippen LogP contribution in [-0.4, -0.2) is 49.0 Å². The second-order valence-electron chi connectivity index (χ2n) is 7.41. The standard InChI is InChI=1S/C20H16ClF7N4O2/c21-13-3-10(20(26,27)28)5-30-15(13)16(33)31-11-1-2-14(25)12(4-11)18(6-22)9-34-19(7-23,8-24)17(29)32-18/h1-5H,6-9H2,(H2,29,32)(H,31,33). The maximum absolute atomic E-state index is 14.6. The molecular formula is C20H16ClF7N4O2. The molecule has 34 heavy (non-hydrogen) atoms. The number of carbonyl (C=O) groups excluding carboxylic acids is 1. The molecule has 184 valence electrons. The van der Waals surface area contributed by atoms with E-state index in [2.05, 4.69) is 15.3 Å². The van der Waals surface area contributed by atoms with Crippen molar-refractivity contribution in [1.82, 2.24) is 4.98 Å². The molecule has 1 unspecified atom stereocenters. The lowest BCUT2D eigenvalue weighted by atomic mass is 9.88. The largest absolute Gasteiger partial charge is 0.417 e. The van der Waals surface area contributed by atoms with Crippen molar-refractivity contribution in [1.29, 1.82) is 0 Å². The Morgan fingerprint density at radius 3 is 2.38 bits per heavy atom. The third kappa shape index (κ3) is 4.67. The van der Waals surface area contributed by atoms with E-state index in [9.17, 15) is 35.5 Å². The first-order valence-electron chi connectivity index (χ1n) is 9.43. The molecule has 1 atom stereocenters. The molecular weight excluding hydrogens is 497 g/mol. The fourth-order valence-electron chi connectivity index (χ4n) is 3.13. The number of rotatable bonds is 6. The number of anilines is 1. The van der Waals surface area contributed by atoms with Crippen molar-refractivity contribution in [3.05, 3.63) is 58.1 Å². The molecule has 0 saturated carbocycles. The normalized spacial score (nSPS) is 20.1. The van der Waals surface area contributed by atoms with Crippen molar-refractivity contribution in [2.75, 3.05) is 31.9 Å². The number of pyridine rings is 1. The van der Waals surface area contributed by atoms with Crippen LogP contribution in [0.5, 0.6) is 0 Å². The predicted molar refractivity (Wildman–Crippen MR) is 109 cm³/mol. The maximum atomic E-state index is 14.6. The van der Waals surface area contributed by atoms with Crippen LogP contribution in [0.3, 0.4) is 0 Å². The molecule has 1 aromatic carbocycles. The minimum Gasteiger partial charge on any atom is -0.385 e. The first-order chi connectivity index (χ1) is 15.9. The molecule has 1 amide bonds. The smallest absolute Gasteiger partial charge is 0.385 e. The zero-order chi connectivity index (χ0) is 25.3. The molecule has 1 aliphatic heterocycles. The van der Waals surface area contributed by atoms with Gasteiger partial charge in [-0.1, -0.05) is 11.6 Å².